The molecule has 0 aromatic heterocycles. The summed E-state index contributed by atoms with van der Waals surface area (Å²) in [5, 5.41) is 6.43. The van der Waals surface area contributed by atoms with Gasteiger partial charge in [0.05, 0.1) is 0 Å². The van der Waals surface area contributed by atoms with Crippen LogP contribution in [0.15, 0.2) is 42.5 Å². The van der Waals surface area contributed by atoms with Crippen LogP contribution in [0.5, 0.6) is 0 Å². The van der Waals surface area contributed by atoms with E-state index in [-0.39, 0.29) is 0 Å². The third-order valence-electron chi connectivity index (χ3n) is 4.61. The lowest BCUT2D eigenvalue weighted by atomic mass is 9.86. The molecule has 0 fully saturated rings. The van der Waals surface area contributed by atoms with Gasteiger partial charge in [-0.25, -0.2) is 0 Å². The van der Waals surface area contributed by atoms with E-state index in [9.17, 15) is 0 Å². The van der Waals surface area contributed by atoms with Crippen LogP contribution in [0.3, 0.4) is 0 Å². The van der Waals surface area contributed by atoms with Crippen molar-refractivity contribution in [2.45, 2.75) is 46.6 Å². The maximum Gasteiger partial charge on any atom is 0.0135 e. The molecule has 114 valence electrons. The van der Waals surface area contributed by atoms with Gasteiger partial charge in [-0.3, -0.25) is 0 Å². The van der Waals surface area contributed by atoms with Crippen LogP contribution in [0.4, 0.5) is 0 Å². The van der Waals surface area contributed by atoms with Crippen molar-refractivity contribution in [2.75, 3.05) is 6.54 Å². The van der Waals surface area contributed by atoms with Crippen LogP contribution in [-0.2, 0) is 6.42 Å². The Balaban J connectivity index is 2.16. The Bertz CT molecular complexity index is 559. The van der Waals surface area contributed by atoms with Crippen molar-refractivity contribution in [3.63, 3.8) is 0 Å². The molecular formula is C20H29N. The van der Waals surface area contributed by atoms with Crippen LogP contribution in [0, 0.1) is 11.8 Å². The molecule has 0 aliphatic rings. The third kappa shape index (κ3) is 4.31. The van der Waals surface area contributed by atoms with Crippen LogP contribution in [0.25, 0.3) is 10.8 Å². The van der Waals surface area contributed by atoms with E-state index in [4.69, 9.17) is 0 Å². The fourth-order valence-electron chi connectivity index (χ4n) is 2.86. The van der Waals surface area contributed by atoms with Crippen molar-refractivity contribution in [3.05, 3.63) is 48.0 Å². The molecule has 0 saturated carbocycles. The molecule has 21 heavy (non-hydrogen) atoms. The normalized spacial score (nSPS) is 14.5. The summed E-state index contributed by atoms with van der Waals surface area (Å²) in [5.74, 6) is 1.39. The molecule has 2 rings (SSSR count). The van der Waals surface area contributed by atoms with Crippen LogP contribution < -0.4 is 5.32 Å². The van der Waals surface area contributed by atoms with Crippen LogP contribution in [0.1, 0.15) is 39.7 Å². The number of fused-ring (bicyclic) bond motifs is 1. The van der Waals surface area contributed by atoms with Gasteiger partial charge in [0.15, 0.2) is 0 Å². The topological polar surface area (TPSA) is 12.0 Å². The SMILES string of the molecule is CCCNC(Cc1ccc2ccccc2c1)C(C)C(C)C. The summed E-state index contributed by atoms with van der Waals surface area (Å²) in [5.41, 5.74) is 1.44. The van der Waals surface area contributed by atoms with Gasteiger partial charge >= 0.3 is 0 Å². The zero-order chi connectivity index (χ0) is 15.2. The second-order valence-electron chi connectivity index (χ2n) is 6.55. The van der Waals surface area contributed by atoms with E-state index in [2.05, 4.69) is 75.5 Å². The summed E-state index contributed by atoms with van der Waals surface area (Å²) in [6, 6.07) is 16.1. The summed E-state index contributed by atoms with van der Waals surface area (Å²) in [6.07, 6.45) is 2.31. The standard InChI is InChI=1S/C20H29N/c1-5-12-21-20(16(4)15(2)3)14-17-10-11-18-8-6-7-9-19(18)13-17/h6-11,13,15-16,20-21H,5,12,14H2,1-4H3. The minimum Gasteiger partial charge on any atom is -0.313 e. The zero-order valence-corrected chi connectivity index (χ0v) is 13.9. The highest BCUT2D eigenvalue weighted by atomic mass is 14.9. The molecule has 0 saturated heterocycles. The van der Waals surface area contributed by atoms with Crippen molar-refractivity contribution >= 4 is 10.8 Å². The van der Waals surface area contributed by atoms with Crippen LogP contribution in [-0.4, -0.2) is 12.6 Å². The third-order valence-corrected chi connectivity index (χ3v) is 4.61. The van der Waals surface area contributed by atoms with Gasteiger partial charge in [-0.2, -0.15) is 0 Å². The first-order chi connectivity index (χ1) is 10.1. The number of hydrogen-bond acceptors (Lipinski definition) is 1. The van der Waals surface area contributed by atoms with Gasteiger partial charge in [-0.1, -0.05) is 70.2 Å². The van der Waals surface area contributed by atoms with Gasteiger partial charge in [-0.05, 0) is 47.6 Å². The summed E-state index contributed by atoms with van der Waals surface area (Å²) in [4.78, 5) is 0. The Labute approximate surface area is 129 Å². The zero-order valence-electron chi connectivity index (χ0n) is 13.9. The lowest BCUT2D eigenvalue weighted by Gasteiger charge is -2.28. The molecule has 1 N–H and O–H groups in total. The van der Waals surface area contributed by atoms with Gasteiger partial charge in [0.25, 0.3) is 0 Å². The highest BCUT2D eigenvalue weighted by molar-refractivity contribution is 5.82. The summed E-state index contributed by atoms with van der Waals surface area (Å²) in [6.45, 7) is 10.4. The van der Waals surface area contributed by atoms with E-state index < -0.39 is 0 Å². The van der Waals surface area contributed by atoms with Gasteiger partial charge in [-0.15, -0.1) is 0 Å². The maximum absolute atomic E-state index is 3.75. The van der Waals surface area contributed by atoms with E-state index in [1.165, 1.54) is 22.8 Å². The molecule has 2 aromatic carbocycles. The minimum atomic E-state index is 0.561. The Kier molecular flexibility index (Phi) is 5.81. The second-order valence-corrected chi connectivity index (χ2v) is 6.55. The summed E-state index contributed by atoms with van der Waals surface area (Å²) < 4.78 is 0. The largest absolute Gasteiger partial charge is 0.313 e. The van der Waals surface area contributed by atoms with Crippen molar-refractivity contribution < 1.29 is 0 Å². The molecular weight excluding hydrogens is 254 g/mol. The van der Waals surface area contributed by atoms with Crippen LogP contribution >= 0.6 is 0 Å². The average Bonchev–Trinajstić information content (AvgIpc) is 2.50. The van der Waals surface area contributed by atoms with Gasteiger partial charge < -0.3 is 5.32 Å². The molecule has 1 nitrogen and oxygen atoms in total. The van der Waals surface area contributed by atoms with Crippen molar-refractivity contribution in [1.29, 1.82) is 0 Å². The van der Waals surface area contributed by atoms with Crippen molar-refractivity contribution in [1.82, 2.24) is 5.32 Å². The number of benzene rings is 2. The minimum absolute atomic E-state index is 0.561. The molecule has 0 aliphatic carbocycles. The molecule has 2 aromatic rings. The molecule has 0 bridgehead atoms. The monoisotopic (exact) mass is 283 g/mol. The lowest BCUT2D eigenvalue weighted by Crippen LogP contribution is -2.39. The van der Waals surface area contributed by atoms with Gasteiger partial charge in [0.2, 0.25) is 0 Å². The Hall–Kier alpha value is -1.34. The van der Waals surface area contributed by atoms with E-state index in [0.29, 0.717) is 17.9 Å². The first-order valence-corrected chi connectivity index (χ1v) is 8.33. The predicted octanol–water partition coefficient (Wildman–Crippen LogP) is 5.04. The number of nitrogens with one attached hydrogen (secondary N) is 1. The molecule has 0 radical (unpaired) electrons. The highest BCUT2D eigenvalue weighted by Gasteiger charge is 2.19. The summed E-state index contributed by atoms with van der Waals surface area (Å²) in [7, 11) is 0. The first kappa shape index (κ1) is 16.0. The summed E-state index contributed by atoms with van der Waals surface area (Å²) >= 11 is 0. The molecule has 1 heteroatoms. The number of hydrogen-bond donors (Lipinski definition) is 1. The van der Waals surface area contributed by atoms with Crippen molar-refractivity contribution in [3.8, 4) is 0 Å². The Morgan fingerprint density at radius 1 is 0.952 bits per heavy atom. The average molecular weight is 283 g/mol. The molecule has 2 atom stereocenters. The molecule has 0 spiro atoms. The smallest absolute Gasteiger partial charge is 0.0135 e. The molecule has 0 heterocycles. The quantitative estimate of drug-likeness (QED) is 0.750. The Morgan fingerprint density at radius 2 is 1.67 bits per heavy atom. The lowest BCUT2D eigenvalue weighted by molar-refractivity contribution is 0.297. The van der Waals surface area contributed by atoms with Gasteiger partial charge in [0.1, 0.15) is 0 Å². The van der Waals surface area contributed by atoms with E-state index in [0.717, 1.165) is 13.0 Å². The molecule has 2 unspecified atom stereocenters. The predicted molar refractivity (Wildman–Crippen MR) is 93.7 cm³/mol. The fraction of sp³-hybridized carbons (Fsp3) is 0.500. The van der Waals surface area contributed by atoms with E-state index in [1.54, 1.807) is 0 Å². The van der Waals surface area contributed by atoms with E-state index in [1.807, 2.05) is 0 Å². The maximum atomic E-state index is 3.75. The van der Waals surface area contributed by atoms with Gasteiger partial charge in [0, 0.05) is 6.04 Å². The fourth-order valence-corrected chi connectivity index (χ4v) is 2.86. The molecule has 0 aliphatic heterocycles. The number of rotatable bonds is 7. The molecule has 0 amide bonds. The first-order valence-electron chi connectivity index (χ1n) is 8.33. The van der Waals surface area contributed by atoms with Crippen LogP contribution in [0.2, 0.25) is 0 Å². The highest BCUT2D eigenvalue weighted by Crippen LogP contribution is 2.21. The van der Waals surface area contributed by atoms with Crippen molar-refractivity contribution in [2.24, 2.45) is 11.8 Å². The van der Waals surface area contributed by atoms with E-state index >= 15 is 0 Å². The second kappa shape index (κ2) is 7.61. The Morgan fingerprint density at radius 3 is 2.33 bits per heavy atom.